The molecule has 0 unspecified atom stereocenters. The molecular weight excluding hydrogens is 522 g/mol. The molecule has 4 N–H and O–H groups in total. The van der Waals surface area contributed by atoms with Crippen LogP contribution in [0.2, 0.25) is 0 Å². The molecule has 0 radical (unpaired) electrons. The number of nitrogens with one attached hydrogen (secondary N) is 4. The van der Waals surface area contributed by atoms with Gasteiger partial charge in [0.1, 0.15) is 6.10 Å². The van der Waals surface area contributed by atoms with Crippen LogP contribution in [0.25, 0.3) is 0 Å². The van der Waals surface area contributed by atoms with Crippen molar-refractivity contribution in [2.24, 2.45) is 0 Å². The van der Waals surface area contributed by atoms with Crippen molar-refractivity contribution in [2.75, 3.05) is 35.0 Å². The smallest absolute Gasteiger partial charge is 0.255 e. The summed E-state index contributed by atoms with van der Waals surface area (Å²) in [7, 11) is -2.16. The first-order chi connectivity index (χ1) is 18.1. The van der Waals surface area contributed by atoms with Gasteiger partial charge in [-0.3, -0.25) is 14.5 Å². The number of nitrogens with zero attached hydrogens (tertiary/aromatic N) is 1. The summed E-state index contributed by atoms with van der Waals surface area (Å²) in [4.78, 5) is 13.5. The highest BCUT2D eigenvalue weighted by Crippen LogP contribution is 2.39. The quantitative estimate of drug-likeness (QED) is 0.401. The first kappa shape index (κ1) is 28.7. The van der Waals surface area contributed by atoms with Crippen molar-refractivity contribution in [1.29, 1.82) is 0 Å². The van der Waals surface area contributed by atoms with E-state index in [4.69, 9.17) is 14.2 Å². The van der Waals surface area contributed by atoms with Gasteiger partial charge < -0.3 is 25.0 Å². The molecule has 2 aromatic carbocycles. The SMILES string of the molecule is COc1c(NC(=O)c2ccc(C)c(N3C=C([C@H]4COC(C)(C)O4)NN3)c2)cc(C(C)(C)C)cc1NS(C)(=O)=O. The Morgan fingerprint density at radius 1 is 1.18 bits per heavy atom. The van der Waals surface area contributed by atoms with E-state index in [0.29, 0.717) is 17.9 Å². The summed E-state index contributed by atoms with van der Waals surface area (Å²) in [6.45, 7) is 12.1. The summed E-state index contributed by atoms with van der Waals surface area (Å²) in [5.74, 6) is -0.818. The molecule has 4 rings (SSSR count). The van der Waals surface area contributed by atoms with E-state index in [-0.39, 0.29) is 28.9 Å². The maximum atomic E-state index is 13.5. The second-order valence-electron chi connectivity index (χ2n) is 11.2. The molecule has 1 atom stereocenters. The maximum absolute atomic E-state index is 13.5. The molecule has 0 aliphatic carbocycles. The van der Waals surface area contributed by atoms with Gasteiger partial charge in [0.05, 0.1) is 42.7 Å². The number of ether oxygens (including phenoxy) is 3. The number of benzene rings is 2. The minimum atomic E-state index is -3.59. The monoisotopic (exact) mass is 559 g/mol. The average Bonchev–Trinajstić information content (AvgIpc) is 3.44. The number of carbonyl (C=O) groups excluding carboxylic acids is 1. The largest absolute Gasteiger partial charge is 0.492 e. The Morgan fingerprint density at radius 2 is 1.87 bits per heavy atom. The topological polar surface area (TPSA) is 130 Å². The zero-order valence-corrected chi connectivity index (χ0v) is 24.4. The third-order valence-corrected chi connectivity index (χ3v) is 6.97. The fourth-order valence-electron chi connectivity index (χ4n) is 4.32. The van der Waals surface area contributed by atoms with Gasteiger partial charge in [-0.2, -0.15) is 0 Å². The van der Waals surface area contributed by atoms with Gasteiger partial charge >= 0.3 is 0 Å². The molecule has 2 heterocycles. The van der Waals surface area contributed by atoms with Crippen molar-refractivity contribution in [3.05, 3.63) is 58.9 Å². The van der Waals surface area contributed by atoms with Crippen LogP contribution < -0.4 is 30.7 Å². The molecule has 0 bridgehead atoms. The highest BCUT2D eigenvalue weighted by molar-refractivity contribution is 7.92. The number of carbonyl (C=O) groups is 1. The van der Waals surface area contributed by atoms with Gasteiger partial charge in [-0.25, -0.2) is 8.42 Å². The molecule has 1 saturated heterocycles. The Morgan fingerprint density at radius 3 is 2.46 bits per heavy atom. The Labute approximate surface area is 229 Å². The van der Waals surface area contributed by atoms with Gasteiger partial charge in [0.2, 0.25) is 10.0 Å². The molecule has 0 aromatic heterocycles. The van der Waals surface area contributed by atoms with Gasteiger partial charge in [-0.15, -0.1) is 5.53 Å². The van der Waals surface area contributed by atoms with E-state index in [2.05, 4.69) is 21.0 Å². The molecule has 2 aliphatic rings. The van der Waals surface area contributed by atoms with E-state index < -0.39 is 15.8 Å². The van der Waals surface area contributed by atoms with E-state index in [1.807, 2.05) is 53.8 Å². The van der Waals surface area contributed by atoms with E-state index >= 15 is 0 Å². The fraction of sp³-hybridized carbons (Fsp3) is 0.444. The number of sulfonamides is 1. The molecule has 0 spiro atoms. The number of amides is 1. The van der Waals surface area contributed by atoms with Crippen LogP contribution in [0.5, 0.6) is 5.75 Å². The highest BCUT2D eigenvalue weighted by atomic mass is 32.2. The lowest BCUT2D eigenvalue weighted by molar-refractivity contribution is -0.134. The van der Waals surface area contributed by atoms with Gasteiger partial charge in [-0.05, 0) is 61.6 Å². The molecule has 12 heteroatoms. The normalized spacial score (nSPS) is 18.9. The lowest BCUT2D eigenvalue weighted by atomic mass is 9.86. The molecule has 1 fully saturated rings. The summed E-state index contributed by atoms with van der Waals surface area (Å²) in [6, 6.07) is 8.87. The standard InChI is InChI=1S/C27H37N5O6S/c1-16-9-10-17(11-22(16)32-14-21(29-31-32)23-15-37-27(5,6)38-23)25(33)28-19-12-18(26(2,3)4)13-20(24(19)36-7)30-39(8,34)35/h9-14,23,29-31H,15H2,1-8H3,(H,28,33)/t23-/m1/s1. The van der Waals surface area contributed by atoms with Crippen molar-refractivity contribution >= 4 is 33.0 Å². The molecule has 0 saturated carbocycles. The number of methoxy groups -OCH3 is 1. The van der Waals surface area contributed by atoms with Crippen molar-refractivity contribution in [3.63, 3.8) is 0 Å². The van der Waals surface area contributed by atoms with Crippen LogP contribution in [0, 0.1) is 6.92 Å². The number of anilines is 3. The van der Waals surface area contributed by atoms with Gasteiger partial charge in [-0.1, -0.05) is 26.8 Å². The van der Waals surface area contributed by atoms with Crippen LogP contribution in [-0.2, 0) is 24.9 Å². The zero-order valence-electron chi connectivity index (χ0n) is 23.6. The first-order valence-electron chi connectivity index (χ1n) is 12.5. The minimum absolute atomic E-state index is 0.216. The molecule has 11 nitrogen and oxygen atoms in total. The third kappa shape index (κ3) is 6.64. The Bertz CT molecular complexity index is 1410. The second kappa shape index (κ2) is 10.3. The molecule has 39 heavy (non-hydrogen) atoms. The third-order valence-electron chi connectivity index (χ3n) is 6.38. The Kier molecular flexibility index (Phi) is 7.60. The number of hydrazine groups is 2. The van der Waals surface area contributed by atoms with E-state index in [1.54, 1.807) is 29.3 Å². The van der Waals surface area contributed by atoms with E-state index in [1.165, 1.54) is 7.11 Å². The molecule has 2 aliphatic heterocycles. The molecule has 1 amide bonds. The minimum Gasteiger partial charge on any atom is -0.492 e. The van der Waals surface area contributed by atoms with Crippen molar-refractivity contribution in [3.8, 4) is 5.75 Å². The van der Waals surface area contributed by atoms with Crippen molar-refractivity contribution in [2.45, 2.75) is 58.8 Å². The van der Waals surface area contributed by atoms with Crippen LogP contribution in [0.4, 0.5) is 17.1 Å². The summed E-state index contributed by atoms with van der Waals surface area (Å²) in [5, 5.41) is 4.69. The number of hydrogen-bond acceptors (Lipinski definition) is 9. The van der Waals surface area contributed by atoms with E-state index in [9.17, 15) is 13.2 Å². The van der Waals surface area contributed by atoms with Crippen molar-refractivity contribution in [1.82, 2.24) is 11.0 Å². The predicted octanol–water partition coefficient (Wildman–Crippen LogP) is 3.75. The van der Waals surface area contributed by atoms with Gasteiger partial charge in [0, 0.05) is 11.8 Å². The predicted molar refractivity (Wildman–Crippen MR) is 151 cm³/mol. The average molecular weight is 560 g/mol. The van der Waals surface area contributed by atoms with Crippen LogP contribution in [0.15, 0.2) is 42.2 Å². The lowest BCUT2D eigenvalue weighted by Crippen LogP contribution is -2.38. The van der Waals surface area contributed by atoms with E-state index in [0.717, 1.165) is 28.8 Å². The summed E-state index contributed by atoms with van der Waals surface area (Å²) in [5.41, 5.74) is 10.2. The van der Waals surface area contributed by atoms with Gasteiger partial charge in [0.25, 0.3) is 5.91 Å². The van der Waals surface area contributed by atoms with Crippen LogP contribution >= 0.6 is 0 Å². The maximum Gasteiger partial charge on any atom is 0.255 e. The summed E-state index contributed by atoms with van der Waals surface area (Å²) >= 11 is 0. The Balaban J connectivity index is 1.63. The molecular formula is C27H37N5O6S. The zero-order chi connectivity index (χ0) is 28.8. The van der Waals surface area contributed by atoms with Gasteiger partial charge in [0.15, 0.2) is 11.5 Å². The van der Waals surface area contributed by atoms with Crippen LogP contribution in [-0.4, -0.2) is 46.2 Å². The Hall–Kier alpha value is -3.32. The highest BCUT2D eigenvalue weighted by Gasteiger charge is 2.36. The van der Waals surface area contributed by atoms with Crippen LogP contribution in [0.3, 0.4) is 0 Å². The number of aryl methyl sites for hydroxylation is 1. The fourth-order valence-corrected chi connectivity index (χ4v) is 4.87. The summed E-state index contributed by atoms with van der Waals surface area (Å²) in [6.07, 6.45) is 2.69. The van der Waals surface area contributed by atoms with Crippen molar-refractivity contribution < 1.29 is 27.4 Å². The number of rotatable bonds is 7. The second-order valence-corrected chi connectivity index (χ2v) is 12.9. The van der Waals surface area contributed by atoms with Crippen LogP contribution in [0.1, 0.15) is 56.1 Å². The lowest BCUT2D eigenvalue weighted by Gasteiger charge is -2.24. The molecule has 2 aromatic rings. The summed E-state index contributed by atoms with van der Waals surface area (Å²) < 4.78 is 43.7. The number of hydrogen-bond donors (Lipinski definition) is 4. The molecule has 212 valence electrons. The first-order valence-corrected chi connectivity index (χ1v) is 14.4.